The largest absolute Gasteiger partial charge is 0.507 e. The molecular weight excluding hydrogens is 332 g/mol. The van der Waals surface area contributed by atoms with Gasteiger partial charge in [-0.2, -0.15) is 0 Å². The number of nitrogens with zero attached hydrogens (tertiary/aromatic N) is 1. The number of phenols is 1. The van der Waals surface area contributed by atoms with Gasteiger partial charge in [0.25, 0.3) is 0 Å². The number of H-pyrrole nitrogens is 1. The second kappa shape index (κ2) is 7.33. The van der Waals surface area contributed by atoms with Crippen LogP contribution in [-0.2, 0) is 5.41 Å². The number of aromatic amines is 1. The highest BCUT2D eigenvalue weighted by atomic mass is 16.3. The fourth-order valence-electron chi connectivity index (χ4n) is 5.03. The van der Waals surface area contributed by atoms with Gasteiger partial charge in [-0.3, -0.25) is 0 Å². The molecule has 0 amide bonds. The first kappa shape index (κ1) is 18.6. The van der Waals surface area contributed by atoms with Crippen molar-refractivity contribution in [1.82, 2.24) is 9.97 Å². The number of aromatic hydroxyl groups is 1. The lowest BCUT2D eigenvalue weighted by Gasteiger charge is -2.22. The van der Waals surface area contributed by atoms with Crippen LogP contribution in [0.4, 0.5) is 0 Å². The molecule has 3 nitrogen and oxygen atoms in total. The van der Waals surface area contributed by atoms with E-state index in [0.29, 0.717) is 17.6 Å². The fourth-order valence-corrected chi connectivity index (χ4v) is 5.03. The lowest BCUT2D eigenvalue weighted by atomic mass is 9.84. The Labute approximate surface area is 163 Å². The van der Waals surface area contributed by atoms with Crippen molar-refractivity contribution in [1.29, 1.82) is 0 Å². The summed E-state index contributed by atoms with van der Waals surface area (Å²) in [6.07, 6.45) is 11.6. The highest BCUT2D eigenvalue weighted by Crippen LogP contribution is 2.41. The van der Waals surface area contributed by atoms with Crippen LogP contribution in [0.15, 0.2) is 18.2 Å². The van der Waals surface area contributed by atoms with E-state index in [1.54, 1.807) is 0 Å². The Morgan fingerprint density at radius 1 is 0.926 bits per heavy atom. The van der Waals surface area contributed by atoms with Crippen LogP contribution in [0.2, 0.25) is 0 Å². The van der Waals surface area contributed by atoms with E-state index >= 15 is 0 Å². The molecule has 3 heteroatoms. The first-order valence-corrected chi connectivity index (χ1v) is 10.9. The summed E-state index contributed by atoms with van der Waals surface area (Å²) < 4.78 is 0. The minimum absolute atomic E-state index is 0.00430. The van der Waals surface area contributed by atoms with Crippen molar-refractivity contribution in [2.75, 3.05) is 0 Å². The molecule has 0 spiro atoms. The van der Waals surface area contributed by atoms with E-state index in [1.165, 1.54) is 74.7 Å². The number of hydrogen-bond donors (Lipinski definition) is 2. The van der Waals surface area contributed by atoms with Gasteiger partial charge in [-0.05, 0) is 49.3 Å². The Balaban J connectivity index is 1.68. The number of nitrogens with one attached hydrogen (secondary N) is 1. The fraction of sp³-hybridized carbons (Fsp3) is 0.625. The third-order valence-corrected chi connectivity index (χ3v) is 6.56. The minimum atomic E-state index is 0.00430. The van der Waals surface area contributed by atoms with Crippen LogP contribution >= 0.6 is 0 Å². The van der Waals surface area contributed by atoms with Crippen molar-refractivity contribution in [2.45, 2.75) is 95.8 Å². The SMILES string of the molecule is CC(C)(C)c1nc(-c2ccc(C3CCCCC3)cc2O)[nH]c1C1CCCC1. The lowest BCUT2D eigenvalue weighted by molar-refractivity contribution is 0.438. The quantitative estimate of drug-likeness (QED) is 0.628. The van der Waals surface area contributed by atoms with Crippen LogP contribution in [0.5, 0.6) is 5.75 Å². The van der Waals surface area contributed by atoms with Gasteiger partial charge in [0.05, 0.1) is 11.3 Å². The summed E-state index contributed by atoms with van der Waals surface area (Å²) in [4.78, 5) is 8.60. The first-order valence-electron chi connectivity index (χ1n) is 10.9. The van der Waals surface area contributed by atoms with Gasteiger partial charge in [0, 0.05) is 17.0 Å². The van der Waals surface area contributed by atoms with Gasteiger partial charge in [0.2, 0.25) is 0 Å². The molecular formula is C24H34N2O. The van der Waals surface area contributed by atoms with E-state index in [2.05, 4.69) is 37.9 Å². The predicted molar refractivity (Wildman–Crippen MR) is 111 cm³/mol. The van der Waals surface area contributed by atoms with Crippen LogP contribution in [0.25, 0.3) is 11.4 Å². The summed E-state index contributed by atoms with van der Waals surface area (Å²) in [6, 6.07) is 6.27. The normalized spacial score (nSPS) is 19.7. The molecule has 1 aromatic carbocycles. The van der Waals surface area contributed by atoms with Gasteiger partial charge in [0.1, 0.15) is 11.6 Å². The van der Waals surface area contributed by atoms with E-state index in [0.717, 1.165) is 11.4 Å². The topological polar surface area (TPSA) is 48.9 Å². The van der Waals surface area contributed by atoms with Crippen molar-refractivity contribution in [3.63, 3.8) is 0 Å². The molecule has 2 saturated carbocycles. The summed E-state index contributed by atoms with van der Waals surface area (Å²) in [5.74, 6) is 2.39. The molecule has 0 bridgehead atoms. The maximum absolute atomic E-state index is 10.8. The first-order chi connectivity index (χ1) is 12.9. The number of imidazole rings is 1. The molecule has 0 aliphatic heterocycles. The van der Waals surface area contributed by atoms with E-state index in [4.69, 9.17) is 4.98 Å². The number of hydrogen-bond acceptors (Lipinski definition) is 2. The van der Waals surface area contributed by atoms with E-state index in [-0.39, 0.29) is 5.41 Å². The van der Waals surface area contributed by atoms with E-state index in [9.17, 15) is 5.11 Å². The molecule has 0 radical (unpaired) electrons. The molecule has 2 N–H and O–H groups in total. The number of aromatic nitrogens is 2. The van der Waals surface area contributed by atoms with E-state index < -0.39 is 0 Å². The second-order valence-corrected chi connectivity index (χ2v) is 9.69. The Kier molecular flexibility index (Phi) is 5.05. The number of rotatable bonds is 3. The minimum Gasteiger partial charge on any atom is -0.507 e. The van der Waals surface area contributed by atoms with Crippen molar-refractivity contribution in [2.24, 2.45) is 0 Å². The highest BCUT2D eigenvalue weighted by molar-refractivity contribution is 5.65. The summed E-state index contributed by atoms with van der Waals surface area (Å²) >= 11 is 0. The molecule has 2 aliphatic carbocycles. The lowest BCUT2D eigenvalue weighted by Crippen LogP contribution is -2.15. The van der Waals surface area contributed by atoms with Gasteiger partial charge in [-0.1, -0.05) is 58.9 Å². The van der Waals surface area contributed by atoms with Crippen LogP contribution in [0, 0.1) is 0 Å². The van der Waals surface area contributed by atoms with Crippen molar-refractivity contribution >= 4 is 0 Å². The molecule has 0 atom stereocenters. The predicted octanol–water partition coefficient (Wildman–Crippen LogP) is 6.79. The molecule has 2 aliphatic rings. The standard InChI is InChI=1S/C24H34N2O/c1-24(2,3)22-21(17-11-7-8-12-17)25-23(26-22)19-14-13-18(15-20(19)27)16-9-5-4-6-10-16/h13-17,27H,4-12H2,1-3H3,(H,25,26). The molecule has 2 aromatic rings. The number of phenolic OH excluding ortho intramolecular Hbond substituents is 1. The molecule has 1 heterocycles. The third-order valence-electron chi connectivity index (χ3n) is 6.56. The van der Waals surface area contributed by atoms with Gasteiger partial charge in [-0.15, -0.1) is 0 Å². The molecule has 27 heavy (non-hydrogen) atoms. The highest BCUT2D eigenvalue weighted by Gasteiger charge is 2.30. The monoisotopic (exact) mass is 366 g/mol. The maximum Gasteiger partial charge on any atom is 0.141 e. The Bertz CT molecular complexity index is 787. The molecule has 0 unspecified atom stereocenters. The smallest absolute Gasteiger partial charge is 0.141 e. The van der Waals surface area contributed by atoms with Gasteiger partial charge in [0.15, 0.2) is 0 Å². The number of benzene rings is 1. The molecule has 146 valence electrons. The Morgan fingerprint density at radius 3 is 2.19 bits per heavy atom. The van der Waals surface area contributed by atoms with Gasteiger partial charge < -0.3 is 10.1 Å². The maximum atomic E-state index is 10.8. The summed E-state index contributed by atoms with van der Waals surface area (Å²) in [7, 11) is 0. The van der Waals surface area contributed by atoms with Gasteiger partial charge >= 0.3 is 0 Å². The molecule has 0 saturated heterocycles. The molecule has 1 aromatic heterocycles. The zero-order valence-electron chi connectivity index (χ0n) is 17.1. The van der Waals surface area contributed by atoms with Gasteiger partial charge in [-0.25, -0.2) is 4.98 Å². The van der Waals surface area contributed by atoms with Crippen LogP contribution < -0.4 is 0 Å². The summed E-state index contributed by atoms with van der Waals surface area (Å²) in [5, 5.41) is 10.8. The van der Waals surface area contributed by atoms with Crippen LogP contribution in [0.3, 0.4) is 0 Å². The average Bonchev–Trinajstić information content (AvgIpc) is 3.31. The van der Waals surface area contributed by atoms with Crippen molar-refractivity contribution in [3.8, 4) is 17.1 Å². The zero-order chi connectivity index (χ0) is 19.0. The molecule has 2 fully saturated rings. The summed E-state index contributed by atoms with van der Waals surface area (Å²) in [5.41, 5.74) is 4.59. The van der Waals surface area contributed by atoms with Crippen LogP contribution in [0.1, 0.15) is 107 Å². The van der Waals surface area contributed by atoms with Crippen molar-refractivity contribution in [3.05, 3.63) is 35.2 Å². The second-order valence-electron chi connectivity index (χ2n) is 9.69. The average molecular weight is 367 g/mol. The van der Waals surface area contributed by atoms with Crippen molar-refractivity contribution < 1.29 is 5.11 Å². The van der Waals surface area contributed by atoms with Crippen LogP contribution in [-0.4, -0.2) is 15.1 Å². The third kappa shape index (κ3) is 3.79. The Hall–Kier alpha value is -1.77. The van der Waals surface area contributed by atoms with E-state index in [1.807, 2.05) is 6.07 Å². The molecule has 4 rings (SSSR count). The zero-order valence-corrected chi connectivity index (χ0v) is 17.1. The summed E-state index contributed by atoms with van der Waals surface area (Å²) in [6.45, 7) is 6.70. The Morgan fingerprint density at radius 2 is 1.56 bits per heavy atom.